The van der Waals surface area contributed by atoms with Crippen molar-refractivity contribution in [2.75, 3.05) is 7.11 Å². The van der Waals surface area contributed by atoms with Gasteiger partial charge >= 0.3 is 5.97 Å². The first-order chi connectivity index (χ1) is 9.12. The third-order valence-corrected chi connectivity index (χ3v) is 2.75. The van der Waals surface area contributed by atoms with Crippen molar-refractivity contribution in [3.8, 4) is 12.3 Å². The molecule has 0 bridgehead atoms. The molecule has 4 nitrogen and oxygen atoms in total. The minimum atomic E-state index is -0.489. The number of esters is 1. The van der Waals surface area contributed by atoms with Crippen molar-refractivity contribution in [1.29, 1.82) is 0 Å². The molecule has 1 unspecified atom stereocenters. The van der Waals surface area contributed by atoms with E-state index in [1.165, 1.54) is 7.11 Å². The summed E-state index contributed by atoms with van der Waals surface area (Å²) in [5.41, 5.74) is 1.24. The van der Waals surface area contributed by atoms with Gasteiger partial charge in [-0.3, -0.25) is 9.59 Å². The number of carbonyl (C=O) groups is 3. The van der Waals surface area contributed by atoms with Gasteiger partial charge in [-0.25, -0.2) is 4.79 Å². The Kier molecular flexibility index (Phi) is 5.49. The number of terminal acetylenes is 1. The van der Waals surface area contributed by atoms with E-state index in [-0.39, 0.29) is 12.3 Å². The first-order valence-electron chi connectivity index (χ1n) is 5.72. The summed E-state index contributed by atoms with van der Waals surface area (Å²) in [5.74, 6) is 1.36. The van der Waals surface area contributed by atoms with Crippen LogP contribution in [0.1, 0.15) is 34.7 Å². The zero-order chi connectivity index (χ0) is 14.3. The number of aldehydes is 1. The number of ether oxygens (including phenoxy) is 1. The van der Waals surface area contributed by atoms with Crippen molar-refractivity contribution in [3.05, 3.63) is 35.4 Å². The van der Waals surface area contributed by atoms with Crippen LogP contribution in [0.15, 0.2) is 24.3 Å². The van der Waals surface area contributed by atoms with Crippen molar-refractivity contribution < 1.29 is 19.1 Å². The molecule has 0 saturated carbocycles. The maximum absolute atomic E-state index is 11.3. The summed E-state index contributed by atoms with van der Waals surface area (Å²) in [6.07, 6.45) is 5.99. The Morgan fingerprint density at radius 1 is 1.37 bits per heavy atom. The Hall–Kier alpha value is -2.41. The molecule has 1 aromatic rings. The summed E-state index contributed by atoms with van der Waals surface area (Å²) in [5, 5.41) is 0. The lowest BCUT2D eigenvalue weighted by molar-refractivity contribution is -0.130. The molecule has 98 valence electrons. The molecule has 0 fully saturated rings. The second kappa shape index (κ2) is 7.12. The third-order valence-electron chi connectivity index (χ3n) is 2.75. The van der Waals surface area contributed by atoms with Gasteiger partial charge in [0.15, 0.2) is 12.1 Å². The van der Waals surface area contributed by atoms with E-state index in [1.807, 2.05) is 0 Å². The smallest absolute Gasteiger partial charge is 0.337 e. The molecule has 0 aliphatic carbocycles. The van der Waals surface area contributed by atoms with Crippen molar-refractivity contribution in [1.82, 2.24) is 0 Å². The number of Topliss-reactive ketones (excluding diaryl/α,β-unsaturated/α-hetero) is 1. The van der Waals surface area contributed by atoms with Crippen LogP contribution in [-0.2, 0) is 14.3 Å². The first kappa shape index (κ1) is 14.7. The van der Waals surface area contributed by atoms with Crippen LogP contribution in [0, 0.1) is 12.3 Å². The van der Waals surface area contributed by atoms with Gasteiger partial charge in [-0.05, 0) is 17.7 Å². The molecule has 1 atom stereocenters. The van der Waals surface area contributed by atoms with Gasteiger partial charge in [0.1, 0.15) is 0 Å². The van der Waals surface area contributed by atoms with Crippen LogP contribution in [0.5, 0.6) is 0 Å². The van der Waals surface area contributed by atoms with Crippen molar-refractivity contribution in [3.63, 3.8) is 0 Å². The molecule has 0 radical (unpaired) electrons. The van der Waals surface area contributed by atoms with Gasteiger partial charge in [-0.2, -0.15) is 0 Å². The quantitative estimate of drug-likeness (QED) is 0.337. The number of benzene rings is 1. The van der Waals surface area contributed by atoms with Gasteiger partial charge in [-0.15, -0.1) is 12.3 Å². The molecule has 0 heterocycles. The van der Waals surface area contributed by atoms with Crippen LogP contribution in [-0.4, -0.2) is 25.1 Å². The monoisotopic (exact) mass is 258 g/mol. The Labute approximate surface area is 111 Å². The summed E-state index contributed by atoms with van der Waals surface area (Å²) < 4.78 is 4.59. The summed E-state index contributed by atoms with van der Waals surface area (Å²) >= 11 is 0. The SMILES string of the molecule is C#CCC(CC(=O)C=O)c1ccc(C(=O)OC)cc1. The molecule has 0 amide bonds. The summed E-state index contributed by atoms with van der Waals surface area (Å²) in [4.78, 5) is 32.9. The number of methoxy groups -OCH3 is 1. The molecule has 0 aliphatic heterocycles. The molecule has 1 rings (SSSR count). The first-order valence-corrected chi connectivity index (χ1v) is 5.72. The second-order valence-electron chi connectivity index (χ2n) is 4.01. The summed E-state index contributed by atoms with van der Waals surface area (Å²) in [6.45, 7) is 0. The van der Waals surface area contributed by atoms with Crippen molar-refractivity contribution >= 4 is 18.0 Å². The number of rotatable bonds is 6. The van der Waals surface area contributed by atoms with Crippen LogP contribution in [0.25, 0.3) is 0 Å². The maximum Gasteiger partial charge on any atom is 0.337 e. The lowest BCUT2D eigenvalue weighted by atomic mass is 9.90. The maximum atomic E-state index is 11.3. The number of ketones is 1. The van der Waals surface area contributed by atoms with Crippen LogP contribution in [0.4, 0.5) is 0 Å². The topological polar surface area (TPSA) is 60.4 Å². The minimum Gasteiger partial charge on any atom is -0.465 e. The molecule has 19 heavy (non-hydrogen) atoms. The van der Waals surface area contributed by atoms with Gasteiger partial charge in [-0.1, -0.05) is 12.1 Å². The number of hydrogen-bond acceptors (Lipinski definition) is 4. The number of hydrogen-bond donors (Lipinski definition) is 0. The average molecular weight is 258 g/mol. The van der Waals surface area contributed by atoms with E-state index in [1.54, 1.807) is 24.3 Å². The van der Waals surface area contributed by atoms with Crippen LogP contribution in [0.3, 0.4) is 0 Å². The number of carbonyl (C=O) groups excluding carboxylic acids is 3. The standard InChI is InChI=1S/C15H14O4/c1-3-4-13(9-14(17)10-16)11-5-7-12(8-6-11)15(18)19-2/h1,5-8,10,13H,4,9H2,2H3. The highest BCUT2D eigenvalue weighted by Gasteiger charge is 2.15. The van der Waals surface area contributed by atoms with Crippen LogP contribution >= 0.6 is 0 Å². The molecular weight excluding hydrogens is 244 g/mol. The molecule has 0 spiro atoms. The lowest BCUT2D eigenvalue weighted by Gasteiger charge is -2.12. The molecule has 1 aromatic carbocycles. The van der Waals surface area contributed by atoms with E-state index in [9.17, 15) is 14.4 Å². The molecule has 0 aromatic heterocycles. The molecule has 0 aliphatic rings. The zero-order valence-corrected chi connectivity index (χ0v) is 10.6. The Morgan fingerprint density at radius 2 is 2.00 bits per heavy atom. The molecule has 4 heteroatoms. The highest BCUT2D eigenvalue weighted by atomic mass is 16.5. The van der Waals surface area contributed by atoms with Crippen LogP contribution < -0.4 is 0 Å². The van der Waals surface area contributed by atoms with E-state index in [2.05, 4.69) is 10.7 Å². The van der Waals surface area contributed by atoms with Crippen molar-refractivity contribution in [2.24, 2.45) is 0 Å². The second-order valence-corrected chi connectivity index (χ2v) is 4.01. The Balaban J connectivity index is 2.91. The fourth-order valence-corrected chi connectivity index (χ4v) is 1.75. The largest absolute Gasteiger partial charge is 0.465 e. The fraction of sp³-hybridized carbons (Fsp3) is 0.267. The van der Waals surface area contributed by atoms with Gasteiger partial charge in [0.05, 0.1) is 12.7 Å². The van der Waals surface area contributed by atoms with Gasteiger partial charge in [0, 0.05) is 18.8 Å². The summed E-state index contributed by atoms with van der Waals surface area (Å²) in [7, 11) is 1.31. The fourth-order valence-electron chi connectivity index (χ4n) is 1.75. The Morgan fingerprint density at radius 3 is 2.47 bits per heavy atom. The predicted octanol–water partition coefficient (Wildman–Crippen LogP) is 1.74. The van der Waals surface area contributed by atoms with E-state index in [0.717, 1.165) is 5.56 Å². The molecule has 0 N–H and O–H groups in total. The zero-order valence-electron chi connectivity index (χ0n) is 10.6. The lowest BCUT2D eigenvalue weighted by Crippen LogP contribution is -2.08. The average Bonchev–Trinajstić information content (AvgIpc) is 2.46. The van der Waals surface area contributed by atoms with Gasteiger partial charge in [0.2, 0.25) is 0 Å². The molecular formula is C15H14O4. The van der Waals surface area contributed by atoms with E-state index in [0.29, 0.717) is 18.3 Å². The highest BCUT2D eigenvalue weighted by molar-refractivity contribution is 6.25. The van der Waals surface area contributed by atoms with E-state index < -0.39 is 11.8 Å². The van der Waals surface area contributed by atoms with E-state index >= 15 is 0 Å². The Bertz CT molecular complexity index is 508. The van der Waals surface area contributed by atoms with Crippen LogP contribution in [0.2, 0.25) is 0 Å². The normalized spacial score (nSPS) is 11.2. The van der Waals surface area contributed by atoms with Gasteiger partial charge in [0.25, 0.3) is 0 Å². The predicted molar refractivity (Wildman–Crippen MR) is 69.7 cm³/mol. The third kappa shape index (κ3) is 4.07. The van der Waals surface area contributed by atoms with Crippen molar-refractivity contribution in [2.45, 2.75) is 18.8 Å². The van der Waals surface area contributed by atoms with Gasteiger partial charge < -0.3 is 4.74 Å². The minimum absolute atomic E-state index is 0.0747. The summed E-state index contributed by atoms with van der Waals surface area (Å²) in [6, 6.07) is 6.64. The molecule has 0 saturated heterocycles. The van der Waals surface area contributed by atoms with E-state index in [4.69, 9.17) is 6.42 Å². The highest BCUT2D eigenvalue weighted by Crippen LogP contribution is 2.23.